The monoisotopic (exact) mass is 450 g/mol. The number of thioether (sulfide) groups is 1. The summed E-state index contributed by atoms with van der Waals surface area (Å²) >= 11 is 4.18. The molecular weight excluding hydrogens is 428 g/mol. The third-order valence-corrected chi connectivity index (χ3v) is 6.94. The van der Waals surface area contributed by atoms with Gasteiger partial charge in [0.2, 0.25) is 5.91 Å². The van der Waals surface area contributed by atoms with E-state index in [2.05, 4.69) is 29.5 Å². The fourth-order valence-electron chi connectivity index (χ4n) is 2.67. The quantitative estimate of drug-likeness (QED) is 0.422. The van der Waals surface area contributed by atoms with Crippen LogP contribution in [0.3, 0.4) is 0 Å². The van der Waals surface area contributed by atoms with E-state index >= 15 is 0 Å². The van der Waals surface area contributed by atoms with Crippen molar-refractivity contribution in [1.29, 1.82) is 0 Å². The molecule has 10 heteroatoms. The fraction of sp³-hybridized carbons (Fsp3) is 0.368. The highest BCUT2D eigenvalue weighted by atomic mass is 32.2. The molecular formula is C19H22N4O3S3. The molecule has 3 aromatic heterocycles. The number of carbonyl (C=O) groups excluding carboxylic acids is 2. The Balaban J connectivity index is 1.97. The molecule has 7 nitrogen and oxygen atoms in total. The second kappa shape index (κ2) is 9.55. The molecule has 3 heterocycles. The third kappa shape index (κ3) is 5.06. The predicted molar refractivity (Wildman–Crippen MR) is 120 cm³/mol. The summed E-state index contributed by atoms with van der Waals surface area (Å²) in [6.07, 6.45) is 0.823. The fourth-order valence-corrected chi connectivity index (χ4v) is 5.30. The van der Waals surface area contributed by atoms with E-state index in [0.717, 1.165) is 28.6 Å². The average molecular weight is 451 g/mol. The van der Waals surface area contributed by atoms with Crippen LogP contribution in [0.5, 0.6) is 0 Å². The summed E-state index contributed by atoms with van der Waals surface area (Å²) in [4.78, 5) is 43.0. The van der Waals surface area contributed by atoms with E-state index in [1.165, 1.54) is 18.4 Å². The molecule has 0 unspecified atom stereocenters. The highest BCUT2D eigenvalue weighted by molar-refractivity contribution is 7.99. The Bertz CT molecular complexity index is 1070. The van der Waals surface area contributed by atoms with Crippen LogP contribution in [0.1, 0.15) is 20.3 Å². The molecule has 154 valence electrons. The maximum absolute atomic E-state index is 13.4. The van der Waals surface area contributed by atoms with Gasteiger partial charge in [0.25, 0.3) is 5.56 Å². The van der Waals surface area contributed by atoms with Crippen molar-refractivity contribution in [2.75, 3.05) is 12.8 Å². The number of nitrogens with one attached hydrogen (secondary N) is 2. The number of rotatable bonds is 7. The van der Waals surface area contributed by atoms with Crippen molar-refractivity contribution >= 4 is 56.6 Å². The first kappa shape index (κ1) is 21.5. The van der Waals surface area contributed by atoms with Gasteiger partial charge < -0.3 is 5.32 Å². The Morgan fingerprint density at radius 3 is 2.76 bits per heavy atom. The second-order valence-corrected chi connectivity index (χ2v) is 9.50. The Hall–Kier alpha value is -2.17. The Kier molecular flexibility index (Phi) is 7.09. The Labute approximate surface area is 180 Å². The zero-order valence-corrected chi connectivity index (χ0v) is 18.8. The van der Waals surface area contributed by atoms with E-state index in [9.17, 15) is 14.4 Å². The summed E-state index contributed by atoms with van der Waals surface area (Å²) in [6.45, 7) is 4.73. The predicted octanol–water partition coefficient (Wildman–Crippen LogP) is 3.78. The van der Waals surface area contributed by atoms with E-state index in [1.54, 1.807) is 15.9 Å². The molecule has 0 atom stereocenters. The lowest BCUT2D eigenvalue weighted by Gasteiger charge is -2.13. The average Bonchev–Trinajstić information content (AvgIpc) is 3.34. The van der Waals surface area contributed by atoms with Gasteiger partial charge in [0, 0.05) is 29.4 Å². The van der Waals surface area contributed by atoms with Crippen molar-refractivity contribution in [1.82, 2.24) is 20.2 Å². The van der Waals surface area contributed by atoms with Crippen LogP contribution in [0.2, 0.25) is 0 Å². The smallest absolute Gasteiger partial charge is 0.321 e. The molecule has 3 aromatic rings. The summed E-state index contributed by atoms with van der Waals surface area (Å²) in [5.74, 6) is -0.0215. The molecule has 29 heavy (non-hydrogen) atoms. The summed E-state index contributed by atoms with van der Waals surface area (Å²) in [6, 6.07) is 3.40. The van der Waals surface area contributed by atoms with E-state index < -0.39 is 11.9 Å². The van der Waals surface area contributed by atoms with Gasteiger partial charge in [0.15, 0.2) is 5.16 Å². The summed E-state index contributed by atoms with van der Waals surface area (Å²) in [5.41, 5.74) is 0.819. The molecule has 0 saturated heterocycles. The van der Waals surface area contributed by atoms with Gasteiger partial charge in [-0.25, -0.2) is 9.78 Å². The highest BCUT2D eigenvalue weighted by Gasteiger charge is 2.19. The van der Waals surface area contributed by atoms with Crippen LogP contribution in [-0.2, 0) is 11.3 Å². The van der Waals surface area contributed by atoms with Gasteiger partial charge >= 0.3 is 6.03 Å². The number of imide groups is 1. The van der Waals surface area contributed by atoms with Crippen LogP contribution in [0.15, 0.2) is 32.8 Å². The van der Waals surface area contributed by atoms with Crippen LogP contribution >= 0.6 is 34.4 Å². The number of urea groups is 1. The normalized spacial score (nSPS) is 11.2. The second-order valence-electron chi connectivity index (χ2n) is 6.76. The first-order valence-corrected chi connectivity index (χ1v) is 11.9. The molecule has 2 N–H and O–H groups in total. The lowest BCUT2D eigenvalue weighted by Crippen LogP contribution is -2.38. The molecule has 3 rings (SSSR count). The molecule has 0 spiro atoms. The van der Waals surface area contributed by atoms with Crippen LogP contribution in [0.4, 0.5) is 4.79 Å². The van der Waals surface area contributed by atoms with Gasteiger partial charge in [-0.05, 0) is 23.8 Å². The number of nitrogens with zero attached hydrogens (tertiary/aromatic N) is 2. The summed E-state index contributed by atoms with van der Waals surface area (Å²) < 4.78 is 1.66. The first-order valence-electron chi connectivity index (χ1n) is 9.11. The van der Waals surface area contributed by atoms with E-state index in [1.807, 2.05) is 22.9 Å². The minimum absolute atomic E-state index is 0.00377. The van der Waals surface area contributed by atoms with Gasteiger partial charge in [-0.15, -0.1) is 22.7 Å². The van der Waals surface area contributed by atoms with Crippen LogP contribution < -0.4 is 16.2 Å². The number of fused-ring (bicyclic) bond motifs is 1. The maximum Gasteiger partial charge on any atom is 0.321 e. The topological polar surface area (TPSA) is 93.1 Å². The molecule has 0 fully saturated rings. The SMILES string of the molecule is CNC(=O)NC(=O)CSc1nc2scc(-c3cccs3)c2c(=O)n1CCC(C)C. The summed E-state index contributed by atoms with van der Waals surface area (Å²) in [5, 5.41) is 9.63. The van der Waals surface area contributed by atoms with E-state index in [4.69, 9.17) is 0 Å². The zero-order chi connectivity index (χ0) is 21.0. The third-order valence-electron chi connectivity index (χ3n) is 4.19. The lowest BCUT2D eigenvalue weighted by atomic mass is 10.1. The number of amides is 3. The number of hydrogen-bond donors (Lipinski definition) is 2. The van der Waals surface area contributed by atoms with Crippen molar-refractivity contribution in [2.24, 2.45) is 5.92 Å². The molecule has 0 aliphatic heterocycles. The van der Waals surface area contributed by atoms with Crippen molar-refractivity contribution in [3.8, 4) is 10.4 Å². The molecule has 0 bridgehead atoms. The zero-order valence-electron chi connectivity index (χ0n) is 16.4. The van der Waals surface area contributed by atoms with Gasteiger partial charge in [-0.1, -0.05) is 31.7 Å². The number of aromatic nitrogens is 2. The minimum atomic E-state index is -0.560. The molecule has 0 radical (unpaired) electrons. The molecule has 3 amide bonds. The number of carbonyl (C=O) groups is 2. The van der Waals surface area contributed by atoms with Crippen LogP contribution in [-0.4, -0.2) is 34.3 Å². The van der Waals surface area contributed by atoms with Crippen molar-refractivity contribution < 1.29 is 9.59 Å². The molecule has 0 aliphatic carbocycles. The van der Waals surface area contributed by atoms with Crippen LogP contribution in [0.25, 0.3) is 20.7 Å². The van der Waals surface area contributed by atoms with Gasteiger partial charge in [0.05, 0.1) is 11.1 Å². The molecule has 0 aromatic carbocycles. The van der Waals surface area contributed by atoms with Crippen molar-refractivity contribution in [3.63, 3.8) is 0 Å². The van der Waals surface area contributed by atoms with Crippen molar-refractivity contribution in [3.05, 3.63) is 33.2 Å². The minimum Gasteiger partial charge on any atom is -0.341 e. The van der Waals surface area contributed by atoms with Crippen molar-refractivity contribution in [2.45, 2.75) is 32.0 Å². The number of hydrogen-bond acceptors (Lipinski definition) is 7. The largest absolute Gasteiger partial charge is 0.341 e. The maximum atomic E-state index is 13.4. The van der Waals surface area contributed by atoms with Gasteiger partial charge in [-0.3, -0.25) is 19.5 Å². The summed E-state index contributed by atoms with van der Waals surface area (Å²) in [7, 11) is 1.44. The lowest BCUT2D eigenvalue weighted by molar-refractivity contribution is -0.117. The highest BCUT2D eigenvalue weighted by Crippen LogP contribution is 2.34. The molecule has 0 aliphatic rings. The molecule has 0 saturated carbocycles. The Morgan fingerprint density at radius 1 is 1.31 bits per heavy atom. The van der Waals surface area contributed by atoms with Gasteiger partial charge in [-0.2, -0.15) is 0 Å². The van der Waals surface area contributed by atoms with Gasteiger partial charge in [0.1, 0.15) is 4.83 Å². The van der Waals surface area contributed by atoms with E-state index in [0.29, 0.717) is 27.8 Å². The standard InChI is InChI=1S/C19H22N4O3S3/c1-11(2)6-7-23-17(25)15-12(13-5-4-8-27-13)9-28-16(15)22-19(23)29-10-14(24)21-18(26)20-3/h4-5,8-9,11H,6-7,10H2,1-3H3,(H2,20,21,24,26). The number of thiophene rings is 2. The first-order chi connectivity index (χ1) is 13.9. The Morgan fingerprint density at radius 2 is 2.10 bits per heavy atom. The van der Waals surface area contributed by atoms with E-state index in [-0.39, 0.29) is 11.3 Å². The van der Waals surface area contributed by atoms with Crippen LogP contribution in [0, 0.1) is 5.92 Å².